The molecular weight excluding hydrogens is 441 g/mol. The molecule has 1 aromatic heterocycles. The number of guanidine groups is 1. The van der Waals surface area contributed by atoms with Gasteiger partial charge in [-0.2, -0.15) is 5.10 Å². The Balaban J connectivity index is 0.00000243. The summed E-state index contributed by atoms with van der Waals surface area (Å²) in [5.74, 6) is 1.81. The van der Waals surface area contributed by atoms with Gasteiger partial charge in [-0.1, -0.05) is 12.1 Å². The Hall–Kier alpha value is -1.77. The lowest BCUT2D eigenvalue weighted by Gasteiger charge is -2.21. The molecular formula is C19H28IN5O. The monoisotopic (exact) mass is 469 g/mol. The molecule has 1 fully saturated rings. The molecule has 0 bridgehead atoms. The number of likely N-dealkylation sites (tertiary alicyclic amines) is 1. The molecule has 1 saturated heterocycles. The van der Waals surface area contributed by atoms with Gasteiger partial charge in [-0.3, -0.25) is 9.67 Å². The van der Waals surface area contributed by atoms with Crippen molar-refractivity contribution in [2.75, 3.05) is 26.2 Å². The number of nitrogens with zero attached hydrogens (tertiary/aromatic N) is 4. The average Bonchev–Trinajstić information content (AvgIpc) is 3.23. The second-order valence-electron chi connectivity index (χ2n) is 6.53. The number of hydrogen-bond donors (Lipinski definition) is 2. The van der Waals surface area contributed by atoms with E-state index in [1.165, 1.54) is 5.56 Å². The number of aromatic hydroxyl groups is 1. The molecule has 2 aromatic rings. The zero-order chi connectivity index (χ0) is 17.6. The Kier molecular flexibility index (Phi) is 7.74. The van der Waals surface area contributed by atoms with E-state index in [1.54, 1.807) is 12.1 Å². The molecule has 3 rings (SSSR count). The van der Waals surface area contributed by atoms with Gasteiger partial charge in [-0.05, 0) is 43.0 Å². The minimum atomic E-state index is 0. The predicted octanol–water partition coefficient (Wildman–Crippen LogP) is 2.74. The third-order valence-electron chi connectivity index (χ3n) is 4.59. The minimum absolute atomic E-state index is 0. The van der Waals surface area contributed by atoms with Gasteiger partial charge >= 0.3 is 0 Å². The Bertz CT molecular complexity index is 730. The SMILES string of the molecule is CCNC(=NCCc1cccc(O)c1)N1CCC(c2cnn(C)c2)C1.I. The molecule has 6 nitrogen and oxygen atoms in total. The van der Waals surface area contributed by atoms with E-state index in [9.17, 15) is 5.11 Å². The number of aromatic nitrogens is 2. The van der Waals surface area contributed by atoms with Crippen molar-refractivity contribution in [3.8, 4) is 5.75 Å². The van der Waals surface area contributed by atoms with Gasteiger partial charge in [0, 0.05) is 45.3 Å². The number of phenolic OH excluding ortho intramolecular Hbond substituents is 1. The third-order valence-corrected chi connectivity index (χ3v) is 4.59. The van der Waals surface area contributed by atoms with Crippen molar-refractivity contribution in [1.82, 2.24) is 20.0 Å². The van der Waals surface area contributed by atoms with E-state index in [-0.39, 0.29) is 24.0 Å². The van der Waals surface area contributed by atoms with Gasteiger partial charge in [0.25, 0.3) is 0 Å². The number of nitrogens with one attached hydrogen (secondary N) is 1. The van der Waals surface area contributed by atoms with Crippen LogP contribution in [0.2, 0.25) is 0 Å². The second-order valence-corrected chi connectivity index (χ2v) is 6.53. The highest BCUT2D eigenvalue weighted by Crippen LogP contribution is 2.26. The number of phenols is 1. The standard InChI is InChI=1S/C19H27N5O.HI/c1-3-20-19(21-9-7-15-5-4-6-18(25)11-15)24-10-8-16(14-24)17-12-22-23(2)13-17;/h4-6,11-13,16,25H,3,7-10,14H2,1-2H3,(H,20,21);1H. The first kappa shape index (κ1) is 20.5. The first-order valence-electron chi connectivity index (χ1n) is 8.95. The van der Waals surface area contributed by atoms with E-state index >= 15 is 0 Å². The first-order chi connectivity index (χ1) is 12.2. The molecule has 1 unspecified atom stereocenters. The maximum atomic E-state index is 9.55. The molecule has 0 spiro atoms. The largest absolute Gasteiger partial charge is 0.508 e. The predicted molar refractivity (Wildman–Crippen MR) is 115 cm³/mol. The van der Waals surface area contributed by atoms with Crippen molar-refractivity contribution < 1.29 is 5.11 Å². The summed E-state index contributed by atoms with van der Waals surface area (Å²) in [6.45, 7) is 5.65. The minimum Gasteiger partial charge on any atom is -0.508 e. The summed E-state index contributed by atoms with van der Waals surface area (Å²) in [7, 11) is 1.96. The van der Waals surface area contributed by atoms with E-state index in [1.807, 2.05) is 30.1 Å². The summed E-state index contributed by atoms with van der Waals surface area (Å²) < 4.78 is 1.87. The highest BCUT2D eigenvalue weighted by molar-refractivity contribution is 14.0. The summed E-state index contributed by atoms with van der Waals surface area (Å²) in [5, 5.41) is 17.2. The fourth-order valence-corrected chi connectivity index (χ4v) is 3.30. The van der Waals surface area contributed by atoms with Crippen molar-refractivity contribution in [2.24, 2.45) is 12.0 Å². The van der Waals surface area contributed by atoms with Crippen LogP contribution in [0.5, 0.6) is 5.75 Å². The fourth-order valence-electron chi connectivity index (χ4n) is 3.30. The highest BCUT2D eigenvalue weighted by Gasteiger charge is 2.26. The number of halogens is 1. The Morgan fingerprint density at radius 2 is 2.27 bits per heavy atom. The molecule has 1 aromatic carbocycles. The Morgan fingerprint density at radius 3 is 2.96 bits per heavy atom. The third kappa shape index (κ3) is 5.36. The van der Waals surface area contributed by atoms with E-state index in [4.69, 9.17) is 4.99 Å². The normalized spacial score (nSPS) is 17.2. The molecule has 0 aliphatic carbocycles. The van der Waals surface area contributed by atoms with Crippen LogP contribution in [0.1, 0.15) is 30.4 Å². The van der Waals surface area contributed by atoms with Crippen LogP contribution in [0.3, 0.4) is 0 Å². The smallest absolute Gasteiger partial charge is 0.193 e. The topological polar surface area (TPSA) is 65.7 Å². The zero-order valence-corrected chi connectivity index (χ0v) is 17.8. The number of hydrogen-bond acceptors (Lipinski definition) is 3. The summed E-state index contributed by atoms with van der Waals surface area (Å²) in [6, 6.07) is 7.39. The van der Waals surface area contributed by atoms with E-state index in [0.717, 1.165) is 44.0 Å². The molecule has 142 valence electrons. The van der Waals surface area contributed by atoms with Gasteiger partial charge in [0.2, 0.25) is 0 Å². The number of aliphatic imine (C=N–C) groups is 1. The summed E-state index contributed by atoms with van der Waals surface area (Å²) in [6.07, 6.45) is 6.03. The molecule has 0 amide bonds. The average molecular weight is 469 g/mol. The van der Waals surface area contributed by atoms with E-state index in [0.29, 0.717) is 18.2 Å². The van der Waals surface area contributed by atoms with Gasteiger partial charge in [-0.15, -0.1) is 24.0 Å². The lowest BCUT2D eigenvalue weighted by molar-refractivity contribution is 0.474. The quantitative estimate of drug-likeness (QED) is 0.402. The van der Waals surface area contributed by atoms with Crippen LogP contribution >= 0.6 is 24.0 Å². The van der Waals surface area contributed by atoms with E-state index in [2.05, 4.69) is 28.4 Å². The van der Waals surface area contributed by atoms with Crippen LogP contribution in [0.15, 0.2) is 41.7 Å². The van der Waals surface area contributed by atoms with E-state index < -0.39 is 0 Å². The highest BCUT2D eigenvalue weighted by atomic mass is 127. The molecule has 2 N–H and O–H groups in total. The summed E-state index contributed by atoms with van der Waals surface area (Å²) >= 11 is 0. The number of aryl methyl sites for hydroxylation is 1. The van der Waals surface area contributed by atoms with Crippen LogP contribution in [0, 0.1) is 0 Å². The molecule has 1 atom stereocenters. The van der Waals surface area contributed by atoms with Crippen LogP contribution < -0.4 is 5.32 Å². The van der Waals surface area contributed by atoms with Crippen molar-refractivity contribution >= 4 is 29.9 Å². The van der Waals surface area contributed by atoms with Crippen LogP contribution in [0.25, 0.3) is 0 Å². The maximum absolute atomic E-state index is 9.55. The summed E-state index contributed by atoms with van der Waals surface area (Å²) in [4.78, 5) is 7.12. The van der Waals surface area contributed by atoms with Crippen LogP contribution in [-0.2, 0) is 13.5 Å². The van der Waals surface area contributed by atoms with Gasteiger partial charge in [0.05, 0.1) is 6.20 Å². The van der Waals surface area contributed by atoms with Gasteiger partial charge < -0.3 is 15.3 Å². The van der Waals surface area contributed by atoms with Crippen molar-refractivity contribution in [1.29, 1.82) is 0 Å². The van der Waals surface area contributed by atoms with Gasteiger partial charge in [-0.25, -0.2) is 0 Å². The van der Waals surface area contributed by atoms with Gasteiger partial charge in [0.15, 0.2) is 5.96 Å². The molecule has 26 heavy (non-hydrogen) atoms. The molecule has 7 heteroatoms. The van der Waals surface area contributed by atoms with Gasteiger partial charge in [0.1, 0.15) is 5.75 Å². The van der Waals surface area contributed by atoms with Crippen LogP contribution in [-0.4, -0.2) is 51.9 Å². The first-order valence-corrected chi connectivity index (χ1v) is 8.95. The van der Waals surface area contributed by atoms with Crippen LogP contribution in [0.4, 0.5) is 0 Å². The molecule has 2 heterocycles. The summed E-state index contributed by atoms with van der Waals surface area (Å²) in [5.41, 5.74) is 2.41. The second kappa shape index (κ2) is 9.80. The number of rotatable bonds is 5. The molecule has 1 aliphatic rings. The lowest BCUT2D eigenvalue weighted by Crippen LogP contribution is -2.40. The number of benzene rings is 1. The maximum Gasteiger partial charge on any atom is 0.193 e. The zero-order valence-electron chi connectivity index (χ0n) is 15.4. The molecule has 1 aliphatic heterocycles. The van der Waals surface area contributed by atoms with Crippen molar-refractivity contribution in [3.05, 3.63) is 47.8 Å². The molecule has 0 radical (unpaired) electrons. The lowest BCUT2D eigenvalue weighted by atomic mass is 10.0. The Morgan fingerprint density at radius 1 is 1.42 bits per heavy atom. The molecule has 0 saturated carbocycles. The Labute approximate surface area is 172 Å². The van der Waals surface area contributed by atoms with Crippen molar-refractivity contribution in [3.63, 3.8) is 0 Å². The fraction of sp³-hybridized carbons (Fsp3) is 0.474. The van der Waals surface area contributed by atoms with Crippen molar-refractivity contribution in [2.45, 2.75) is 25.7 Å².